The maximum Gasteiger partial charge on any atom is 0.336 e. The van der Waals surface area contributed by atoms with E-state index in [9.17, 15) is 14.7 Å². The first kappa shape index (κ1) is 16.1. The lowest BCUT2D eigenvalue weighted by atomic mass is 9.93. The highest BCUT2D eigenvalue weighted by atomic mass is 16.4. The summed E-state index contributed by atoms with van der Waals surface area (Å²) in [6, 6.07) is 6.80. The summed E-state index contributed by atoms with van der Waals surface area (Å²) in [5, 5.41) is 9.34. The van der Waals surface area contributed by atoms with Crippen LogP contribution in [-0.4, -0.2) is 44.9 Å². The molecule has 0 radical (unpaired) electrons. The standard InChI is InChI=1S/C18H19N3O3/c1-12(22)21-8-6-13(7-9-21)16-10-19-11-17(20-16)14-4-2-3-5-15(14)18(23)24/h2-5,10-11,13H,6-9H2,1H3,(H,23,24). The minimum absolute atomic E-state index is 0.101. The summed E-state index contributed by atoms with van der Waals surface area (Å²) in [5.41, 5.74) is 2.21. The van der Waals surface area contributed by atoms with Crippen LogP contribution in [-0.2, 0) is 4.79 Å². The minimum Gasteiger partial charge on any atom is -0.478 e. The van der Waals surface area contributed by atoms with Crippen LogP contribution in [0.1, 0.15) is 41.7 Å². The fraction of sp³-hybridized carbons (Fsp3) is 0.333. The van der Waals surface area contributed by atoms with Crippen molar-refractivity contribution in [3.8, 4) is 11.3 Å². The largest absolute Gasteiger partial charge is 0.478 e. The number of hydrogen-bond acceptors (Lipinski definition) is 4. The molecule has 1 amide bonds. The van der Waals surface area contributed by atoms with E-state index >= 15 is 0 Å². The molecule has 1 aliphatic rings. The lowest BCUT2D eigenvalue weighted by molar-refractivity contribution is -0.129. The van der Waals surface area contributed by atoms with Gasteiger partial charge in [0.15, 0.2) is 0 Å². The van der Waals surface area contributed by atoms with Crippen LogP contribution in [0.4, 0.5) is 0 Å². The predicted octanol–water partition coefficient (Wildman–Crippen LogP) is 2.57. The highest BCUT2D eigenvalue weighted by Gasteiger charge is 2.23. The molecule has 6 heteroatoms. The molecule has 2 heterocycles. The van der Waals surface area contributed by atoms with Crippen molar-refractivity contribution in [3.63, 3.8) is 0 Å². The summed E-state index contributed by atoms with van der Waals surface area (Å²) in [6.45, 7) is 3.03. The molecule has 0 bridgehead atoms. The molecule has 1 aliphatic heterocycles. The molecule has 1 fully saturated rings. The summed E-state index contributed by atoms with van der Waals surface area (Å²) in [4.78, 5) is 33.6. The summed E-state index contributed by atoms with van der Waals surface area (Å²) < 4.78 is 0. The topological polar surface area (TPSA) is 83.4 Å². The Kier molecular flexibility index (Phi) is 4.55. The van der Waals surface area contributed by atoms with Crippen molar-refractivity contribution in [2.75, 3.05) is 13.1 Å². The Morgan fingerprint density at radius 3 is 2.54 bits per heavy atom. The van der Waals surface area contributed by atoms with Crippen molar-refractivity contribution in [2.24, 2.45) is 0 Å². The van der Waals surface area contributed by atoms with Gasteiger partial charge in [-0.25, -0.2) is 9.78 Å². The molecule has 6 nitrogen and oxygen atoms in total. The maximum atomic E-state index is 11.4. The monoisotopic (exact) mass is 325 g/mol. The number of piperidine rings is 1. The number of carbonyl (C=O) groups excluding carboxylic acids is 1. The van der Waals surface area contributed by atoms with Crippen molar-refractivity contribution in [1.29, 1.82) is 0 Å². The van der Waals surface area contributed by atoms with E-state index in [-0.39, 0.29) is 17.4 Å². The Morgan fingerprint density at radius 1 is 1.17 bits per heavy atom. The van der Waals surface area contributed by atoms with E-state index < -0.39 is 5.97 Å². The van der Waals surface area contributed by atoms with Gasteiger partial charge >= 0.3 is 5.97 Å². The summed E-state index contributed by atoms with van der Waals surface area (Å²) in [6.07, 6.45) is 5.02. The zero-order valence-corrected chi connectivity index (χ0v) is 13.5. The Hall–Kier alpha value is -2.76. The Bertz CT molecular complexity index is 768. The molecule has 1 aromatic carbocycles. The molecular formula is C18H19N3O3. The number of likely N-dealkylation sites (tertiary alicyclic amines) is 1. The van der Waals surface area contributed by atoms with Crippen LogP contribution in [0.2, 0.25) is 0 Å². The molecule has 0 spiro atoms. The average Bonchev–Trinajstić information content (AvgIpc) is 2.62. The Labute approximate surface area is 140 Å². The van der Waals surface area contributed by atoms with Crippen LogP contribution in [0.15, 0.2) is 36.7 Å². The number of rotatable bonds is 3. The van der Waals surface area contributed by atoms with E-state index in [0.29, 0.717) is 11.3 Å². The van der Waals surface area contributed by atoms with Gasteiger partial charge in [0.05, 0.1) is 23.1 Å². The first-order valence-corrected chi connectivity index (χ1v) is 7.96. The number of amides is 1. The van der Waals surface area contributed by atoms with Gasteiger partial charge in [0.1, 0.15) is 0 Å². The number of carboxylic acids is 1. The van der Waals surface area contributed by atoms with Crippen molar-refractivity contribution in [1.82, 2.24) is 14.9 Å². The Balaban J connectivity index is 1.86. The van der Waals surface area contributed by atoms with Crippen LogP contribution < -0.4 is 0 Å². The fourth-order valence-corrected chi connectivity index (χ4v) is 3.09. The highest BCUT2D eigenvalue weighted by molar-refractivity contribution is 5.95. The van der Waals surface area contributed by atoms with Gasteiger partial charge in [0.25, 0.3) is 0 Å². The van der Waals surface area contributed by atoms with Gasteiger partial charge in [-0.15, -0.1) is 0 Å². The van der Waals surface area contributed by atoms with E-state index in [1.807, 2.05) is 4.90 Å². The predicted molar refractivity (Wildman–Crippen MR) is 88.7 cm³/mol. The molecule has 24 heavy (non-hydrogen) atoms. The maximum absolute atomic E-state index is 11.4. The quantitative estimate of drug-likeness (QED) is 0.937. The number of aromatic nitrogens is 2. The molecule has 124 valence electrons. The molecule has 0 atom stereocenters. The van der Waals surface area contributed by atoms with Gasteiger partial charge in [-0.05, 0) is 18.9 Å². The summed E-state index contributed by atoms with van der Waals surface area (Å²) in [7, 11) is 0. The molecule has 0 aliphatic carbocycles. The number of aromatic carboxylic acids is 1. The number of hydrogen-bond donors (Lipinski definition) is 1. The molecule has 1 N–H and O–H groups in total. The van der Waals surface area contributed by atoms with Crippen LogP contribution in [0.5, 0.6) is 0 Å². The minimum atomic E-state index is -0.979. The van der Waals surface area contributed by atoms with Gasteiger partial charge < -0.3 is 10.0 Å². The number of carboxylic acid groups (broad SMARTS) is 1. The van der Waals surface area contributed by atoms with E-state index in [0.717, 1.165) is 31.6 Å². The lowest BCUT2D eigenvalue weighted by Crippen LogP contribution is -2.36. The molecular weight excluding hydrogens is 306 g/mol. The van der Waals surface area contributed by atoms with Crippen LogP contribution in [0.3, 0.4) is 0 Å². The van der Waals surface area contributed by atoms with Crippen LogP contribution >= 0.6 is 0 Å². The van der Waals surface area contributed by atoms with E-state index in [1.54, 1.807) is 43.6 Å². The number of nitrogens with zero attached hydrogens (tertiary/aromatic N) is 3. The zero-order chi connectivity index (χ0) is 17.1. The third kappa shape index (κ3) is 3.27. The molecule has 3 rings (SSSR count). The summed E-state index contributed by atoms with van der Waals surface area (Å²) in [5.74, 6) is -0.638. The third-order valence-electron chi connectivity index (χ3n) is 4.45. The number of carbonyl (C=O) groups is 2. The Morgan fingerprint density at radius 2 is 1.88 bits per heavy atom. The smallest absolute Gasteiger partial charge is 0.336 e. The second-order valence-electron chi connectivity index (χ2n) is 5.96. The SMILES string of the molecule is CC(=O)N1CCC(c2cncc(-c3ccccc3C(=O)O)n2)CC1. The first-order valence-electron chi connectivity index (χ1n) is 7.96. The molecule has 0 unspecified atom stereocenters. The first-order chi connectivity index (χ1) is 11.6. The van der Waals surface area contributed by atoms with Gasteiger partial charge in [0, 0.05) is 37.7 Å². The van der Waals surface area contributed by atoms with Crippen molar-refractivity contribution in [2.45, 2.75) is 25.7 Å². The molecule has 1 saturated heterocycles. The fourth-order valence-electron chi connectivity index (χ4n) is 3.09. The van der Waals surface area contributed by atoms with E-state index in [1.165, 1.54) is 0 Å². The number of benzene rings is 1. The normalized spacial score (nSPS) is 15.3. The lowest BCUT2D eigenvalue weighted by Gasteiger charge is -2.30. The highest BCUT2D eigenvalue weighted by Crippen LogP contribution is 2.28. The zero-order valence-electron chi connectivity index (χ0n) is 13.5. The van der Waals surface area contributed by atoms with Crippen molar-refractivity contribution >= 4 is 11.9 Å². The molecule has 1 aromatic heterocycles. The van der Waals surface area contributed by atoms with Crippen LogP contribution in [0, 0.1) is 0 Å². The van der Waals surface area contributed by atoms with Crippen molar-refractivity contribution in [3.05, 3.63) is 47.9 Å². The van der Waals surface area contributed by atoms with Crippen LogP contribution in [0.25, 0.3) is 11.3 Å². The van der Waals surface area contributed by atoms with Gasteiger partial charge in [0.2, 0.25) is 5.91 Å². The van der Waals surface area contributed by atoms with Gasteiger partial charge in [-0.3, -0.25) is 9.78 Å². The van der Waals surface area contributed by atoms with E-state index in [4.69, 9.17) is 0 Å². The van der Waals surface area contributed by atoms with Crippen molar-refractivity contribution < 1.29 is 14.7 Å². The van der Waals surface area contributed by atoms with Gasteiger partial charge in [-0.2, -0.15) is 0 Å². The molecule has 0 saturated carbocycles. The van der Waals surface area contributed by atoms with E-state index in [2.05, 4.69) is 9.97 Å². The second-order valence-corrected chi connectivity index (χ2v) is 5.96. The molecule has 2 aromatic rings. The third-order valence-corrected chi connectivity index (χ3v) is 4.45. The summed E-state index contributed by atoms with van der Waals surface area (Å²) >= 11 is 0. The van der Waals surface area contributed by atoms with Gasteiger partial charge in [-0.1, -0.05) is 18.2 Å². The second kappa shape index (κ2) is 6.78. The average molecular weight is 325 g/mol.